The standard InChI is InChI=1S/C13H19FN2O/c1-9(2)12-4-3-10(7-15-12)16-6-5-13(17)11(14)8-16/h3-4,7,9,11,13,17H,5-6,8H2,1-2H3. The third-order valence-corrected chi connectivity index (χ3v) is 3.23. The number of anilines is 1. The van der Waals surface area contributed by atoms with E-state index in [1.54, 1.807) is 6.20 Å². The molecular weight excluding hydrogens is 219 g/mol. The van der Waals surface area contributed by atoms with E-state index >= 15 is 0 Å². The van der Waals surface area contributed by atoms with Gasteiger partial charge in [0.05, 0.1) is 24.5 Å². The van der Waals surface area contributed by atoms with Crippen LogP contribution >= 0.6 is 0 Å². The first-order valence-electron chi connectivity index (χ1n) is 6.11. The van der Waals surface area contributed by atoms with Crippen LogP contribution in [0.2, 0.25) is 0 Å². The lowest BCUT2D eigenvalue weighted by Crippen LogP contribution is -2.44. The first-order chi connectivity index (χ1) is 8.08. The van der Waals surface area contributed by atoms with Gasteiger partial charge in [-0.3, -0.25) is 4.98 Å². The Kier molecular flexibility index (Phi) is 3.62. The molecular formula is C13H19FN2O. The minimum atomic E-state index is -1.16. The van der Waals surface area contributed by atoms with Gasteiger partial charge in [0.15, 0.2) is 0 Å². The summed E-state index contributed by atoms with van der Waals surface area (Å²) in [7, 11) is 0. The van der Waals surface area contributed by atoms with Crippen LogP contribution in [0.5, 0.6) is 0 Å². The predicted molar refractivity (Wildman–Crippen MR) is 66.1 cm³/mol. The summed E-state index contributed by atoms with van der Waals surface area (Å²) in [5.74, 6) is 0.404. The van der Waals surface area contributed by atoms with Crippen molar-refractivity contribution in [2.45, 2.75) is 38.5 Å². The Morgan fingerprint density at radius 3 is 2.76 bits per heavy atom. The van der Waals surface area contributed by atoms with E-state index in [2.05, 4.69) is 18.8 Å². The Hall–Kier alpha value is -1.16. The summed E-state index contributed by atoms with van der Waals surface area (Å²) >= 11 is 0. The van der Waals surface area contributed by atoms with Crippen molar-refractivity contribution in [3.63, 3.8) is 0 Å². The van der Waals surface area contributed by atoms with Gasteiger partial charge in [-0.1, -0.05) is 13.8 Å². The molecule has 0 aliphatic carbocycles. The number of nitrogens with zero attached hydrogens (tertiary/aromatic N) is 2. The third-order valence-electron chi connectivity index (χ3n) is 3.23. The largest absolute Gasteiger partial charge is 0.390 e. The Morgan fingerprint density at radius 1 is 1.47 bits per heavy atom. The van der Waals surface area contributed by atoms with Gasteiger partial charge in [-0.25, -0.2) is 4.39 Å². The van der Waals surface area contributed by atoms with Gasteiger partial charge in [0.25, 0.3) is 0 Å². The summed E-state index contributed by atoms with van der Waals surface area (Å²) < 4.78 is 13.4. The van der Waals surface area contributed by atoms with Crippen molar-refractivity contribution in [3.8, 4) is 0 Å². The molecule has 1 aromatic heterocycles. The zero-order chi connectivity index (χ0) is 12.4. The molecule has 2 atom stereocenters. The summed E-state index contributed by atoms with van der Waals surface area (Å²) in [4.78, 5) is 6.31. The Labute approximate surface area is 101 Å². The van der Waals surface area contributed by atoms with Crippen molar-refractivity contribution in [3.05, 3.63) is 24.0 Å². The summed E-state index contributed by atoms with van der Waals surface area (Å²) in [6.45, 7) is 5.13. The minimum absolute atomic E-state index is 0.254. The second-order valence-electron chi connectivity index (χ2n) is 4.91. The van der Waals surface area contributed by atoms with Gasteiger partial charge in [-0.05, 0) is 24.5 Å². The number of hydrogen-bond donors (Lipinski definition) is 1. The summed E-state index contributed by atoms with van der Waals surface area (Å²) in [6.07, 6.45) is 0.301. The lowest BCUT2D eigenvalue weighted by molar-refractivity contribution is 0.0615. The lowest BCUT2D eigenvalue weighted by Gasteiger charge is -2.33. The monoisotopic (exact) mass is 238 g/mol. The number of piperidine rings is 1. The topological polar surface area (TPSA) is 36.4 Å². The molecule has 2 heterocycles. The van der Waals surface area contributed by atoms with Crippen LogP contribution in [0.4, 0.5) is 10.1 Å². The molecule has 0 bridgehead atoms. The first kappa shape index (κ1) is 12.3. The highest BCUT2D eigenvalue weighted by Crippen LogP contribution is 2.22. The fraction of sp³-hybridized carbons (Fsp3) is 0.615. The zero-order valence-electron chi connectivity index (χ0n) is 10.3. The van der Waals surface area contributed by atoms with Crippen LogP contribution in [-0.2, 0) is 0 Å². The van der Waals surface area contributed by atoms with E-state index in [0.717, 1.165) is 11.4 Å². The molecule has 2 unspecified atom stereocenters. The van der Waals surface area contributed by atoms with Gasteiger partial charge in [0.1, 0.15) is 6.17 Å². The van der Waals surface area contributed by atoms with Crippen molar-refractivity contribution in [1.82, 2.24) is 4.98 Å². The highest BCUT2D eigenvalue weighted by Gasteiger charge is 2.27. The Bertz CT molecular complexity index is 366. The molecule has 0 saturated carbocycles. The number of pyridine rings is 1. The van der Waals surface area contributed by atoms with Gasteiger partial charge in [-0.15, -0.1) is 0 Å². The average molecular weight is 238 g/mol. The molecule has 3 nitrogen and oxygen atoms in total. The van der Waals surface area contributed by atoms with Crippen molar-refractivity contribution < 1.29 is 9.50 Å². The molecule has 1 N–H and O–H groups in total. The van der Waals surface area contributed by atoms with Gasteiger partial charge >= 0.3 is 0 Å². The minimum Gasteiger partial charge on any atom is -0.390 e. The smallest absolute Gasteiger partial charge is 0.143 e. The normalized spacial score (nSPS) is 25.4. The fourth-order valence-electron chi connectivity index (χ4n) is 2.05. The van der Waals surface area contributed by atoms with E-state index < -0.39 is 12.3 Å². The molecule has 0 aromatic carbocycles. The Balaban J connectivity index is 2.07. The van der Waals surface area contributed by atoms with E-state index in [4.69, 9.17) is 0 Å². The molecule has 1 saturated heterocycles. The maximum atomic E-state index is 13.4. The molecule has 0 spiro atoms. The van der Waals surface area contributed by atoms with Crippen LogP contribution in [-0.4, -0.2) is 35.5 Å². The van der Waals surface area contributed by atoms with Gasteiger partial charge < -0.3 is 10.0 Å². The van der Waals surface area contributed by atoms with Crippen molar-refractivity contribution >= 4 is 5.69 Å². The molecule has 1 fully saturated rings. The maximum absolute atomic E-state index is 13.4. The number of hydrogen-bond acceptors (Lipinski definition) is 3. The molecule has 0 amide bonds. The van der Waals surface area contributed by atoms with E-state index in [-0.39, 0.29) is 6.54 Å². The number of rotatable bonds is 2. The number of aliphatic hydroxyl groups is 1. The fourth-order valence-corrected chi connectivity index (χ4v) is 2.05. The maximum Gasteiger partial charge on any atom is 0.143 e. The number of aromatic nitrogens is 1. The third kappa shape index (κ3) is 2.75. The average Bonchev–Trinajstić information content (AvgIpc) is 2.33. The molecule has 2 rings (SSSR count). The van der Waals surface area contributed by atoms with Crippen LogP contribution < -0.4 is 4.90 Å². The molecule has 17 heavy (non-hydrogen) atoms. The van der Waals surface area contributed by atoms with E-state index in [1.165, 1.54) is 0 Å². The van der Waals surface area contributed by atoms with Gasteiger partial charge in [-0.2, -0.15) is 0 Å². The number of halogens is 1. The predicted octanol–water partition coefficient (Wildman–Crippen LogP) is 2.11. The van der Waals surface area contributed by atoms with Gasteiger partial charge in [0, 0.05) is 12.2 Å². The van der Waals surface area contributed by atoms with Crippen molar-refractivity contribution in [2.75, 3.05) is 18.0 Å². The highest BCUT2D eigenvalue weighted by molar-refractivity contribution is 5.45. The summed E-state index contributed by atoms with van der Waals surface area (Å²) in [5, 5.41) is 9.34. The second kappa shape index (κ2) is 5.00. The van der Waals surface area contributed by atoms with Crippen molar-refractivity contribution in [2.24, 2.45) is 0 Å². The number of aliphatic hydroxyl groups excluding tert-OH is 1. The lowest BCUT2D eigenvalue weighted by atomic mass is 10.1. The number of alkyl halides is 1. The van der Waals surface area contributed by atoms with E-state index in [1.807, 2.05) is 17.0 Å². The van der Waals surface area contributed by atoms with Crippen LogP contribution in [0.3, 0.4) is 0 Å². The van der Waals surface area contributed by atoms with E-state index in [0.29, 0.717) is 18.9 Å². The Morgan fingerprint density at radius 2 is 2.24 bits per heavy atom. The van der Waals surface area contributed by atoms with Gasteiger partial charge in [0.2, 0.25) is 0 Å². The summed E-state index contributed by atoms with van der Waals surface area (Å²) in [6, 6.07) is 3.96. The highest BCUT2D eigenvalue weighted by atomic mass is 19.1. The van der Waals surface area contributed by atoms with Crippen LogP contribution in [0, 0.1) is 0 Å². The second-order valence-corrected chi connectivity index (χ2v) is 4.91. The van der Waals surface area contributed by atoms with Crippen LogP contribution in [0.25, 0.3) is 0 Å². The molecule has 94 valence electrons. The quantitative estimate of drug-likeness (QED) is 0.857. The molecule has 0 radical (unpaired) electrons. The van der Waals surface area contributed by atoms with Crippen LogP contribution in [0.1, 0.15) is 31.9 Å². The van der Waals surface area contributed by atoms with Crippen LogP contribution in [0.15, 0.2) is 18.3 Å². The zero-order valence-corrected chi connectivity index (χ0v) is 10.3. The van der Waals surface area contributed by atoms with Crippen molar-refractivity contribution in [1.29, 1.82) is 0 Å². The SMILES string of the molecule is CC(C)c1ccc(N2CCC(O)C(F)C2)cn1. The molecule has 4 heteroatoms. The summed E-state index contributed by atoms with van der Waals surface area (Å²) in [5.41, 5.74) is 1.98. The molecule has 1 aromatic rings. The van der Waals surface area contributed by atoms with E-state index in [9.17, 15) is 9.50 Å². The molecule has 1 aliphatic heterocycles. The molecule has 1 aliphatic rings. The first-order valence-corrected chi connectivity index (χ1v) is 6.11.